The van der Waals surface area contributed by atoms with Crippen LogP contribution in [0, 0.1) is 0 Å². The lowest BCUT2D eigenvalue weighted by molar-refractivity contribution is -0.167. The van der Waals surface area contributed by atoms with Gasteiger partial charge in [0.25, 0.3) is 0 Å². The smallest absolute Gasteiger partial charge is 0.306 e. The fourth-order valence-corrected chi connectivity index (χ4v) is 10.3. The van der Waals surface area contributed by atoms with Crippen molar-refractivity contribution in [3.63, 3.8) is 0 Å². The normalized spacial score (nSPS) is 12.3. The summed E-state index contributed by atoms with van der Waals surface area (Å²) in [6.45, 7) is 6.66. The topological polar surface area (TPSA) is 78.9 Å². The van der Waals surface area contributed by atoms with Gasteiger partial charge in [-0.15, -0.1) is 0 Å². The summed E-state index contributed by atoms with van der Waals surface area (Å²) >= 11 is 0. The van der Waals surface area contributed by atoms with Crippen molar-refractivity contribution < 1.29 is 28.6 Å². The second kappa shape index (κ2) is 66.9. The number of carbonyl (C=O) groups excluding carboxylic acids is 3. The van der Waals surface area contributed by atoms with Crippen molar-refractivity contribution in [1.29, 1.82) is 0 Å². The Morgan fingerprint density at radius 2 is 0.462 bits per heavy atom. The lowest BCUT2D eigenvalue weighted by Crippen LogP contribution is -2.30. The molecular weight excluding hydrogens is 961 g/mol. The van der Waals surface area contributed by atoms with Gasteiger partial charge in [-0.1, -0.05) is 320 Å². The lowest BCUT2D eigenvalue weighted by Gasteiger charge is -2.18. The number of hydrogen-bond donors (Lipinski definition) is 0. The van der Waals surface area contributed by atoms with E-state index in [9.17, 15) is 14.4 Å². The van der Waals surface area contributed by atoms with Gasteiger partial charge >= 0.3 is 17.9 Å². The first-order chi connectivity index (χ1) is 38.5. The first-order valence-electron chi connectivity index (χ1n) is 34.6. The second-order valence-electron chi connectivity index (χ2n) is 23.4. The molecule has 0 fully saturated rings. The maximum absolute atomic E-state index is 12.9. The molecule has 0 saturated heterocycles. The van der Waals surface area contributed by atoms with Crippen LogP contribution < -0.4 is 0 Å². The standard InChI is InChI=1S/C72H132O6/c1-4-7-10-13-16-19-22-25-28-30-31-32-33-34-35-36-37-38-39-40-41-43-44-47-50-53-56-59-62-65-71(74)77-68-69(67-76-70(73)64-61-58-55-52-49-46-27-24-21-18-15-12-9-6-3)78-72(75)66-63-60-57-54-51-48-45-42-29-26-23-20-17-14-11-8-5-2/h17,20,22,25-26,29-31,69H,4-16,18-19,21,23-24,27-28,32-68H2,1-3H3/b20-17-,25-22-,29-26-,31-30-. The molecule has 0 spiro atoms. The molecule has 0 aliphatic rings. The molecule has 0 rings (SSSR count). The summed E-state index contributed by atoms with van der Waals surface area (Å²) < 4.78 is 17.0. The van der Waals surface area contributed by atoms with Crippen LogP contribution in [0.5, 0.6) is 0 Å². The molecule has 0 aromatic rings. The molecule has 0 aromatic carbocycles. The van der Waals surface area contributed by atoms with Crippen molar-refractivity contribution in [2.45, 2.75) is 380 Å². The third kappa shape index (κ3) is 64.2. The van der Waals surface area contributed by atoms with E-state index < -0.39 is 6.10 Å². The Kier molecular flexibility index (Phi) is 64.6. The van der Waals surface area contributed by atoms with Gasteiger partial charge in [-0.3, -0.25) is 14.4 Å². The van der Waals surface area contributed by atoms with Crippen LogP contribution in [0.4, 0.5) is 0 Å². The Morgan fingerprint density at radius 1 is 0.256 bits per heavy atom. The molecule has 0 heterocycles. The summed E-state index contributed by atoms with van der Waals surface area (Å²) in [5, 5.41) is 0. The summed E-state index contributed by atoms with van der Waals surface area (Å²) in [5.41, 5.74) is 0. The van der Waals surface area contributed by atoms with E-state index in [2.05, 4.69) is 69.4 Å². The van der Waals surface area contributed by atoms with Gasteiger partial charge in [-0.25, -0.2) is 0 Å². The van der Waals surface area contributed by atoms with E-state index in [1.54, 1.807) is 0 Å². The molecule has 0 aliphatic carbocycles. The van der Waals surface area contributed by atoms with Crippen LogP contribution in [-0.4, -0.2) is 37.2 Å². The van der Waals surface area contributed by atoms with Crippen LogP contribution in [0.3, 0.4) is 0 Å². The Morgan fingerprint density at radius 3 is 0.731 bits per heavy atom. The first-order valence-corrected chi connectivity index (χ1v) is 34.6. The predicted octanol–water partition coefficient (Wildman–Crippen LogP) is 23.7. The van der Waals surface area contributed by atoms with Crippen molar-refractivity contribution in [3.8, 4) is 0 Å². The van der Waals surface area contributed by atoms with Crippen LogP contribution in [0.2, 0.25) is 0 Å². The average Bonchev–Trinajstić information content (AvgIpc) is 3.44. The zero-order chi connectivity index (χ0) is 56.4. The van der Waals surface area contributed by atoms with Gasteiger partial charge in [0.05, 0.1) is 0 Å². The van der Waals surface area contributed by atoms with Gasteiger partial charge in [0, 0.05) is 19.3 Å². The summed E-state index contributed by atoms with van der Waals surface area (Å²) in [7, 11) is 0. The van der Waals surface area contributed by atoms with E-state index in [-0.39, 0.29) is 31.1 Å². The van der Waals surface area contributed by atoms with Crippen molar-refractivity contribution in [2.75, 3.05) is 13.2 Å². The van der Waals surface area contributed by atoms with Crippen molar-refractivity contribution in [2.24, 2.45) is 0 Å². The van der Waals surface area contributed by atoms with Crippen LogP contribution in [0.15, 0.2) is 48.6 Å². The summed E-state index contributed by atoms with van der Waals surface area (Å²) in [5.74, 6) is -0.854. The maximum atomic E-state index is 12.9. The Hall–Kier alpha value is -2.63. The summed E-state index contributed by atoms with van der Waals surface area (Å²) in [6.07, 6.45) is 84.2. The van der Waals surface area contributed by atoms with E-state index in [1.807, 2.05) is 0 Å². The number of rotatable bonds is 64. The Labute approximate surface area is 486 Å². The fourth-order valence-electron chi connectivity index (χ4n) is 10.3. The van der Waals surface area contributed by atoms with Crippen LogP contribution in [0.1, 0.15) is 374 Å². The summed E-state index contributed by atoms with van der Waals surface area (Å²) in [4.78, 5) is 38.4. The number of esters is 3. The molecular formula is C72H132O6. The van der Waals surface area contributed by atoms with Gasteiger partial charge in [0.15, 0.2) is 6.10 Å². The van der Waals surface area contributed by atoms with Crippen molar-refractivity contribution in [3.05, 3.63) is 48.6 Å². The quantitative estimate of drug-likeness (QED) is 0.0261. The van der Waals surface area contributed by atoms with E-state index in [4.69, 9.17) is 14.2 Å². The van der Waals surface area contributed by atoms with Gasteiger partial charge in [-0.05, 0) is 83.5 Å². The molecule has 0 saturated carbocycles. The number of carbonyl (C=O) groups is 3. The highest BCUT2D eigenvalue weighted by Crippen LogP contribution is 2.18. The van der Waals surface area contributed by atoms with Gasteiger partial charge < -0.3 is 14.2 Å². The third-order valence-electron chi connectivity index (χ3n) is 15.6. The molecule has 0 aromatic heterocycles. The first kappa shape index (κ1) is 75.4. The van der Waals surface area contributed by atoms with E-state index in [0.29, 0.717) is 19.3 Å². The zero-order valence-electron chi connectivity index (χ0n) is 52.5. The lowest BCUT2D eigenvalue weighted by atomic mass is 10.0. The van der Waals surface area contributed by atoms with Crippen LogP contribution in [0.25, 0.3) is 0 Å². The molecule has 0 amide bonds. The molecule has 6 heteroatoms. The van der Waals surface area contributed by atoms with Crippen LogP contribution in [-0.2, 0) is 28.6 Å². The molecule has 0 N–H and O–H groups in total. The minimum Gasteiger partial charge on any atom is -0.462 e. The minimum absolute atomic E-state index is 0.0712. The SMILES string of the molecule is CCCCC/C=C\C/C=C\CCCCCCCCCC(=O)OC(COC(=O)CCCCCCCCCCCCCCCC)COC(=O)CCCCCCCCCCCCCCCCCCC/C=C\C/C=C\CCCCCCC. The van der Waals surface area contributed by atoms with Crippen molar-refractivity contribution >= 4 is 17.9 Å². The molecule has 0 bridgehead atoms. The predicted molar refractivity (Wildman–Crippen MR) is 339 cm³/mol. The second-order valence-corrected chi connectivity index (χ2v) is 23.4. The number of unbranched alkanes of at least 4 members (excludes halogenated alkanes) is 45. The largest absolute Gasteiger partial charge is 0.462 e. The fraction of sp³-hybridized carbons (Fsp3) is 0.847. The number of hydrogen-bond acceptors (Lipinski definition) is 6. The third-order valence-corrected chi connectivity index (χ3v) is 15.6. The number of ether oxygens (including phenoxy) is 3. The Balaban J connectivity index is 4.20. The van der Waals surface area contributed by atoms with Gasteiger partial charge in [0.1, 0.15) is 13.2 Å². The minimum atomic E-state index is -0.775. The van der Waals surface area contributed by atoms with Gasteiger partial charge in [0.2, 0.25) is 0 Å². The van der Waals surface area contributed by atoms with Crippen molar-refractivity contribution in [1.82, 2.24) is 0 Å². The molecule has 1 unspecified atom stereocenters. The Bertz CT molecular complexity index is 1350. The molecule has 0 radical (unpaired) electrons. The monoisotopic (exact) mass is 1090 g/mol. The van der Waals surface area contributed by atoms with Crippen LogP contribution >= 0.6 is 0 Å². The average molecular weight is 1090 g/mol. The molecule has 6 nitrogen and oxygen atoms in total. The highest BCUT2D eigenvalue weighted by atomic mass is 16.6. The van der Waals surface area contributed by atoms with E-state index in [1.165, 1.54) is 257 Å². The van der Waals surface area contributed by atoms with Gasteiger partial charge in [-0.2, -0.15) is 0 Å². The zero-order valence-corrected chi connectivity index (χ0v) is 52.5. The highest BCUT2D eigenvalue weighted by molar-refractivity contribution is 5.71. The van der Waals surface area contributed by atoms with E-state index in [0.717, 1.165) is 77.0 Å². The number of allylic oxidation sites excluding steroid dienone is 8. The molecule has 1 atom stereocenters. The summed E-state index contributed by atoms with van der Waals surface area (Å²) in [6, 6.07) is 0. The molecule has 456 valence electrons. The van der Waals surface area contributed by atoms with E-state index >= 15 is 0 Å². The molecule has 0 aliphatic heterocycles. The highest BCUT2D eigenvalue weighted by Gasteiger charge is 2.19. The molecule has 78 heavy (non-hydrogen) atoms. The maximum Gasteiger partial charge on any atom is 0.306 e.